The second-order valence-corrected chi connectivity index (χ2v) is 5.25. The van der Waals surface area contributed by atoms with Crippen LogP contribution < -0.4 is 5.32 Å². The van der Waals surface area contributed by atoms with E-state index in [-0.39, 0.29) is 24.8 Å². The van der Waals surface area contributed by atoms with Crippen LogP contribution in [0.2, 0.25) is 10.0 Å². The van der Waals surface area contributed by atoms with Crippen LogP contribution in [-0.2, 0) is 14.3 Å². The lowest BCUT2D eigenvalue weighted by atomic mass is 10.3. The molecule has 0 fully saturated rings. The van der Waals surface area contributed by atoms with Gasteiger partial charge in [-0.15, -0.1) is 0 Å². The molecule has 1 aromatic carbocycles. The highest BCUT2D eigenvalue weighted by Gasteiger charge is 2.12. The highest BCUT2D eigenvalue weighted by atomic mass is 35.5. The van der Waals surface area contributed by atoms with Crippen LogP contribution in [0.15, 0.2) is 18.2 Å². The van der Waals surface area contributed by atoms with Gasteiger partial charge in [-0.3, -0.25) is 14.5 Å². The van der Waals surface area contributed by atoms with Gasteiger partial charge in [-0.25, -0.2) is 0 Å². The lowest BCUT2D eigenvalue weighted by Crippen LogP contribution is -2.32. The summed E-state index contributed by atoms with van der Waals surface area (Å²) in [5, 5.41) is 3.42. The number of halogens is 2. The van der Waals surface area contributed by atoms with Gasteiger partial charge in [0.25, 0.3) is 0 Å². The Bertz CT molecular complexity index is 489. The molecule has 1 amide bonds. The molecular formula is C14H18Cl2N2O3. The van der Waals surface area contributed by atoms with Gasteiger partial charge in [0.1, 0.15) is 0 Å². The molecule has 0 aromatic heterocycles. The van der Waals surface area contributed by atoms with E-state index in [1.54, 1.807) is 37.1 Å². The summed E-state index contributed by atoms with van der Waals surface area (Å²) in [5.41, 5.74) is 0.393. The Morgan fingerprint density at radius 1 is 1.29 bits per heavy atom. The Morgan fingerprint density at radius 3 is 2.48 bits per heavy atom. The van der Waals surface area contributed by atoms with Crippen molar-refractivity contribution in [3.8, 4) is 0 Å². The monoisotopic (exact) mass is 332 g/mol. The maximum atomic E-state index is 11.9. The Morgan fingerprint density at radius 2 is 1.90 bits per heavy atom. The van der Waals surface area contributed by atoms with Gasteiger partial charge in [-0.1, -0.05) is 29.3 Å². The van der Waals surface area contributed by atoms with Crippen LogP contribution in [-0.4, -0.2) is 43.5 Å². The van der Waals surface area contributed by atoms with Gasteiger partial charge in [-0.2, -0.15) is 0 Å². The summed E-state index contributed by atoms with van der Waals surface area (Å²) in [7, 11) is 1.74. The molecule has 0 saturated carbocycles. The van der Waals surface area contributed by atoms with E-state index in [0.29, 0.717) is 28.9 Å². The largest absolute Gasteiger partial charge is 0.466 e. The van der Waals surface area contributed by atoms with Crippen molar-refractivity contribution in [2.75, 3.05) is 32.1 Å². The summed E-state index contributed by atoms with van der Waals surface area (Å²) in [5.74, 6) is -0.532. The van der Waals surface area contributed by atoms with Crippen molar-refractivity contribution < 1.29 is 14.3 Å². The first-order valence-electron chi connectivity index (χ1n) is 6.52. The van der Waals surface area contributed by atoms with E-state index >= 15 is 0 Å². The molecule has 0 aliphatic carbocycles. The molecule has 1 rings (SSSR count). The van der Waals surface area contributed by atoms with Crippen molar-refractivity contribution in [1.82, 2.24) is 4.90 Å². The Labute approximate surface area is 134 Å². The van der Waals surface area contributed by atoms with Crippen LogP contribution in [0.1, 0.15) is 13.3 Å². The molecule has 21 heavy (non-hydrogen) atoms. The fourth-order valence-electron chi connectivity index (χ4n) is 1.64. The third-order valence-electron chi connectivity index (χ3n) is 2.64. The topological polar surface area (TPSA) is 58.6 Å². The molecule has 0 atom stereocenters. The lowest BCUT2D eigenvalue weighted by Gasteiger charge is -2.16. The van der Waals surface area contributed by atoms with E-state index in [2.05, 4.69) is 5.32 Å². The number of esters is 1. The molecule has 1 N–H and O–H groups in total. The normalized spacial score (nSPS) is 10.5. The fraction of sp³-hybridized carbons (Fsp3) is 0.429. The molecule has 0 heterocycles. The van der Waals surface area contributed by atoms with E-state index in [0.717, 1.165) is 0 Å². The summed E-state index contributed by atoms with van der Waals surface area (Å²) in [6.07, 6.45) is 0.241. The molecule has 1 aromatic rings. The predicted molar refractivity (Wildman–Crippen MR) is 83.8 cm³/mol. The highest BCUT2D eigenvalue weighted by molar-refractivity contribution is 6.39. The smallest absolute Gasteiger partial charge is 0.307 e. The number of rotatable bonds is 7. The molecule has 0 saturated heterocycles. The minimum absolute atomic E-state index is 0.126. The number of para-hydroxylation sites is 1. The summed E-state index contributed by atoms with van der Waals surface area (Å²) in [4.78, 5) is 24.9. The van der Waals surface area contributed by atoms with Crippen molar-refractivity contribution in [3.05, 3.63) is 28.2 Å². The van der Waals surface area contributed by atoms with Crippen molar-refractivity contribution in [2.24, 2.45) is 0 Å². The van der Waals surface area contributed by atoms with Crippen molar-refractivity contribution in [1.29, 1.82) is 0 Å². The number of hydrogen-bond acceptors (Lipinski definition) is 4. The molecule has 0 aliphatic heterocycles. The van der Waals surface area contributed by atoms with Crippen molar-refractivity contribution in [2.45, 2.75) is 13.3 Å². The van der Waals surface area contributed by atoms with Gasteiger partial charge in [0.2, 0.25) is 5.91 Å². The van der Waals surface area contributed by atoms with Gasteiger partial charge in [0.05, 0.1) is 35.3 Å². The minimum Gasteiger partial charge on any atom is -0.466 e. The third-order valence-corrected chi connectivity index (χ3v) is 3.27. The van der Waals surface area contributed by atoms with Crippen LogP contribution in [0.3, 0.4) is 0 Å². The molecule has 5 nitrogen and oxygen atoms in total. The Hall–Kier alpha value is -1.30. The average Bonchev–Trinajstić information content (AvgIpc) is 2.41. The van der Waals surface area contributed by atoms with Crippen molar-refractivity contribution >= 4 is 40.8 Å². The van der Waals surface area contributed by atoms with Gasteiger partial charge >= 0.3 is 5.97 Å². The first kappa shape index (κ1) is 17.8. The third kappa shape index (κ3) is 6.33. The number of carbonyl (C=O) groups excluding carboxylic acids is 2. The van der Waals surface area contributed by atoms with E-state index < -0.39 is 0 Å². The Balaban J connectivity index is 2.45. The molecular weight excluding hydrogens is 315 g/mol. The molecule has 116 valence electrons. The number of hydrogen-bond donors (Lipinski definition) is 1. The van der Waals surface area contributed by atoms with Crippen LogP contribution in [0.4, 0.5) is 5.69 Å². The maximum absolute atomic E-state index is 11.9. The number of ether oxygens (including phenoxy) is 1. The van der Waals surface area contributed by atoms with Crippen LogP contribution in [0, 0.1) is 0 Å². The van der Waals surface area contributed by atoms with Gasteiger partial charge < -0.3 is 10.1 Å². The summed E-state index contributed by atoms with van der Waals surface area (Å²) >= 11 is 11.9. The summed E-state index contributed by atoms with van der Waals surface area (Å²) in [6, 6.07) is 4.99. The summed E-state index contributed by atoms with van der Waals surface area (Å²) in [6.45, 7) is 2.67. The lowest BCUT2D eigenvalue weighted by molar-refractivity contribution is -0.143. The minimum atomic E-state index is -0.279. The number of carbonyl (C=O) groups is 2. The number of nitrogens with one attached hydrogen (secondary N) is 1. The molecule has 0 aliphatic rings. The number of anilines is 1. The van der Waals surface area contributed by atoms with Crippen LogP contribution >= 0.6 is 23.2 Å². The first-order valence-corrected chi connectivity index (χ1v) is 7.27. The predicted octanol–water partition coefficient (Wildman–Crippen LogP) is 2.82. The van der Waals surface area contributed by atoms with Gasteiger partial charge in [0, 0.05) is 6.54 Å². The van der Waals surface area contributed by atoms with Crippen LogP contribution in [0.25, 0.3) is 0 Å². The number of likely N-dealkylation sites (N-methyl/N-ethyl adjacent to an activating group) is 1. The zero-order chi connectivity index (χ0) is 15.8. The van der Waals surface area contributed by atoms with Crippen molar-refractivity contribution in [3.63, 3.8) is 0 Å². The first-order chi connectivity index (χ1) is 9.93. The molecule has 0 radical (unpaired) electrons. The standard InChI is InChI=1S/C14H18Cl2N2O3/c1-3-21-13(20)7-8-18(2)9-12(19)17-14-10(15)5-4-6-11(14)16/h4-6H,3,7-9H2,1-2H3,(H,17,19). The van der Waals surface area contributed by atoms with Gasteiger partial charge in [0.15, 0.2) is 0 Å². The highest BCUT2D eigenvalue weighted by Crippen LogP contribution is 2.29. The number of benzene rings is 1. The number of amides is 1. The van der Waals surface area contributed by atoms with E-state index in [1.807, 2.05) is 0 Å². The zero-order valence-corrected chi connectivity index (χ0v) is 13.5. The maximum Gasteiger partial charge on any atom is 0.307 e. The zero-order valence-electron chi connectivity index (χ0n) is 12.0. The van der Waals surface area contributed by atoms with Crippen LogP contribution in [0.5, 0.6) is 0 Å². The summed E-state index contributed by atoms with van der Waals surface area (Å²) < 4.78 is 4.82. The quantitative estimate of drug-likeness (QED) is 0.780. The Kier molecular flexibility index (Phi) is 7.50. The SMILES string of the molecule is CCOC(=O)CCN(C)CC(=O)Nc1c(Cl)cccc1Cl. The number of nitrogens with zero attached hydrogens (tertiary/aromatic N) is 1. The molecule has 7 heteroatoms. The molecule has 0 spiro atoms. The fourth-order valence-corrected chi connectivity index (χ4v) is 2.13. The van der Waals surface area contributed by atoms with Gasteiger partial charge in [-0.05, 0) is 26.1 Å². The van der Waals surface area contributed by atoms with E-state index in [9.17, 15) is 9.59 Å². The average molecular weight is 333 g/mol. The van der Waals surface area contributed by atoms with E-state index in [1.165, 1.54) is 0 Å². The second kappa shape index (κ2) is 8.87. The molecule has 0 bridgehead atoms. The van der Waals surface area contributed by atoms with E-state index in [4.69, 9.17) is 27.9 Å². The second-order valence-electron chi connectivity index (χ2n) is 4.44. The molecule has 0 unspecified atom stereocenters.